The molecule has 19 heavy (non-hydrogen) atoms. The van der Waals surface area contributed by atoms with Crippen molar-refractivity contribution < 1.29 is 14.3 Å². The van der Waals surface area contributed by atoms with Gasteiger partial charge in [-0.1, -0.05) is 0 Å². The number of carboxylic acids is 1. The number of nitrogens with zero attached hydrogens (tertiary/aromatic N) is 1. The number of aryl methyl sites for hydroxylation is 1. The van der Waals surface area contributed by atoms with E-state index in [-0.39, 0.29) is 5.76 Å². The van der Waals surface area contributed by atoms with Crippen LogP contribution in [0, 0.1) is 6.92 Å². The molecule has 0 aromatic carbocycles. The van der Waals surface area contributed by atoms with Gasteiger partial charge in [-0.2, -0.15) is 0 Å². The van der Waals surface area contributed by atoms with Crippen molar-refractivity contribution in [3.63, 3.8) is 0 Å². The van der Waals surface area contributed by atoms with Gasteiger partial charge in [-0.3, -0.25) is 4.90 Å². The molecule has 2 aromatic heterocycles. The van der Waals surface area contributed by atoms with Crippen LogP contribution in [0.2, 0.25) is 0 Å². The van der Waals surface area contributed by atoms with Crippen LogP contribution in [0.25, 0.3) is 0 Å². The molecule has 1 N–H and O–H groups in total. The molecule has 3 heterocycles. The molecular weight excluding hydrogens is 262 g/mol. The highest BCUT2D eigenvalue weighted by molar-refractivity contribution is 7.10. The van der Waals surface area contributed by atoms with Crippen molar-refractivity contribution in [2.45, 2.75) is 26.4 Å². The van der Waals surface area contributed by atoms with Gasteiger partial charge in [0.25, 0.3) is 0 Å². The number of hydrogen-bond donors (Lipinski definition) is 1. The number of aromatic carboxylic acids is 1. The molecule has 0 fully saturated rings. The average Bonchev–Trinajstić information content (AvgIpc) is 2.96. The highest BCUT2D eigenvalue weighted by atomic mass is 32.1. The molecule has 0 atom stereocenters. The fourth-order valence-electron chi connectivity index (χ4n) is 2.46. The van der Waals surface area contributed by atoms with Crippen molar-refractivity contribution in [2.75, 3.05) is 6.54 Å². The normalized spacial score (nSPS) is 15.4. The Morgan fingerprint density at radius 1 is 1.58 bits per heavy atom. The predicted octanol–water partition coefficient (Wildman–Crippen LogP) is 2.91. The number of rotatable bonds is 3. The lowest BCUT2D eigenvalue weighted by atomic mass is 10.1. The Kier molecular flexibility index (Phi) is 3.16. The summed E-state index contributed by atoms with van der Waals surface area (Å²) in [6, 6.07) is 3.82. The lowest BCUT2D eigenvalue weighted by Crippen LogP contribution is -2.29. The van der Waals surface area contributed by atoms with E-state index in [0.717, 1.165) is 31.6 Å². The van der Waals surface area contributed by atoms with Gasteiger partial charge in [-0.05, 0) is 36.4 Å². The zero-order valence-corrected chi connectivity index (χ0v) is 11.5. The molecule has 1 aliphatic rings. The van der Waals surface area contributed by atoms with Crippen LogP contribution in [-0.2, 0) is 19.5 Å². The summed E-state index contributed by atoms with van der Waals surface area (Å²) >= 11 is 1.82. The number of carboxylic acid groups (broad SMARTS) is 1. The maximum Gasteiger partial charge on any atom is 0.371 e. The van der Waals surface area contributed by atoms with Crippen molar-refractivity contribution in [2.24, 2.45) is 0 Å². The summed E-state index contributed by atoms with van der Waals surface area (Å²) < 4.78 is 5.25. The summed E-state index contributed by atoms with van der Waals surface area (Å²) in [6.07, 6.45) is 1.08. The molecule has 0 radical (unpaired) electrons. The minimum Gasteiger partial charge on any atom is -0.475 e. The van der Waals surface area contributed by atoms with Crippen molar-refractivity contribution in [3.8, 4) is 0 Å². The van der Waals surface area contributed by atoms with Gasteiger partial charge in [0.2, 0.25) is 5.76 Å². The van der Waals surface area contributed by atoms with Crippen LogP contribution >= 0.6 is 11.3 Å². The molecule has 2 aromatic rings. The van der Waals surface area contributed by atoms with Gasteiger partial charge < -0.3 is 9.52 Å². The number of furan rings is 1. The van der Waals surface area contributed by atoms with E-state index in [1.165, 1.54) is 10.4 Å². The average molecular weight is 277 g/mol. The summed E-state index contributed by atoms with van der Waals surface area (Å²) in [6.45, 7) is 4.52. The molecule has 0 saturated carbocycles. The Bertz CT molecular complexity index is 614. The van der Waals surface area contributed by atoms with Gasteiger partial charge in [0.15, 0.2) is 0 Å². The van der Waals surface area contributed by atoms with Crippen LogP contribution in [0.15, 0.2) is 21.9 Å². The van der Waals surface area contributed by atoms with Gasteiger partial charge >= 0.3 is 5.97 Å². The third-order valence-corrected chi connectivity index (χ3v) is 4.54. The van der Waals surface area contributed by atoms with E-state index < -0.39 is 5.97 Å². The van der Waals surface area contributed by atoms with Crippen LogP contribution in [0.3, 0.4) is 0 Å². The molecule has 100 valence electrons. The predicted molar refractivity (Wildman–Crippen MR) is 72.5 cm³/mol. The first-order valence-corrected chi connectivity index (χ1v) is 7.11. The zero-order chi connectivity index (χ0) is 13.4. The molecular formula is C14H15NO3S. The van der Waals surface area contributed by atoms with Crippen LogP contribution in [0.1, 0.15) is 32.3 Å². The lowest BCUT2D eigenvalue weighted by molar-refractivity contribution is 0.0661. The van der Waals surface area contributed by atoms with E-state index in [4.69, 9.17) is 9.52 Å². The second-order valence-electron chi connectivity index (χ2n) is 4.83. The third-order valence-electron chi connectivity index (χ3n) is 3.51. The second-order valence-corrected chi connectivity index (χ2v) is 5.83. The van der Waals surface area contributed by atoms with Crippen molar-refractivity contribution in [1.29, 1.82) is 0 Å². The highest BCUT2D eigenvalue weighted by Crippen LogP contribution is 2.26. The Morgan fingerprint density at radius 3 is 3.16 bits per heavy atom. The molecule has 0 amide bonds. The SMILES string of the molecule is Cc1oc(C(=O)O)cc1CN1CCc2sccc2C1. The highest BCUT2D eigenvalue weighted by Gasteiger charge is 2.20. The summed E-state index contributed by atoms with van der Waals surface area (Å²) in [4.78, 5) is 14.7. The van der Waals surface area contributed by atoms with Crippen molar-refractivity contribution >= 4 is 17.3 Å². The summed E-state index contributed by atoms with van der Waals surface area (Å²) in [5.74, 6) is -0.276. The van der Waals surface area contributed by atoms with Gasteiger partial charge in [0.1, 0.15) is 5.76 Å². The summed E-state index contributed by atoms with van der Waals surface area (Å²) in [7, 11) is 0. The van der Waals surface area contributed by atoms with E-state index in [1.807, 2.05) is 18.3 Å². The Hall–Kier alpha value is -1.59. The molecule has 0 saturated heterocycles. The Balaban J connectivity index is 1.74. The van der Waals surface area contributed by atoms with E-state index >= 15 is 0 Å². The van der Waals surface area contributed by atoms with Gasteiger partial charge in [0, 0.05) is 30.1 Å². The molecule has 4 nitrogen and oxygen atoms in total. The van der Waals surface area contributed by atoms with Gasteiger partial charge in [-0.25, -0.2) is 4.79 Å². The monoisotopic (exact) mass is 277 g/mol. The topological polar surface area (TPSA) is 53.7 Å². The molecule has 1 aliphatic heterocycles. The largest absolute Gasteiger partial charge is 0.475 e. The first-order chi connectivity index (χ1) is 9.13. The van der Waals surface area contributed by atoms with E-state index in [1.54, 1.807) is 6.07 Å². The molecule has 0 spiro atoms. The number of fused-ring (bicyclic) bond motifs is 1. The fraction of sp³-hybridized carbons (Fsp3) is 0.357. The molecule has 3 rings (SSSR count). The fourth-order valence-corrected chi connectivity index (χ4v) is 3.35. The minimum absolute atomic E-state index is 0.0285. The molecule has 0 bridgehead atoms. The van der Waals surface area contributed by atoms with Crippen molar-refractivity contribution in [3.05, 3.63) is 45.0 Å². The maximum atomic E-state index is 10.9. The molecule has 0 unspecified atom stereocenters. The van der Waals surface area contributed by atoms with Crippen LogP contribution in [0.4, 0.5) is 0 Å². The number of carbonyl (C=O) groups is 1. The number of thiophene rings is 1. The standard InChI is InChI=1S/C14H15NO3S/c1-9-11(6-12(18-9)14(16)17)8-15-4-2-13-10(7-15)3-5-19-13/h3,5-6H,2,4,7-8H2,1H3,(H,16,17). The van der Waals surface area contributed by atoms with Gasteiger partial charge in [-0.15, -0.1) is 11.3 Å². The van der Waals surface area contributed by atoms with Gasteiger partial charge in [0.05, 0.1) is 0 Å². The first kappa shape index (κ1) is 12.4. The number of hydrogen-bond acceptors (Lipinski definition) is 4. The Morgan fingerprint density at radius 2 is 2.42 bits per heavy atom. The zero-order valence-electron chi connectivity index (χ0n) is 10.7. The summed E-state index contributed by atoms with van der Waals surface area (Å²) in [5, 5.41) is 11.1. The second kappa shape index (κ2) is 4.83. The Labute approximate surface area is 115 Å². The van der Waals surface area contributed by atoms with E-state index in [0.29, 0.717) is 5.76 Å². The van der Waals surface area contributed by atoms with E-state index in [2.05, 4.69) is 16.3 Å². The minimum atomic E-state index is -1.01. The third kappa shape index (κ3) is 2.43. The van der Waals surface area contributed by atoms with E-state index in [9.17, 15) is 4.79 Å². The van der Waals surface area contributed by atoms with Crippen LogP contribution in [0.5, 0.6) is 0 Å². The van der Waals surface area contributed by atoms with Crippen LogP contribution < -0.4 is 0 Å². The quantitative estimate of drug-likeness (QED) is 0.937. The molecule has 0 aliphatic carbocycles. The molecule has 5 heteroatoms. The lowest BCUT2D eigenvalue weighted by Gasteiger charge is -2.26. The first-order valence-electron chi connectivity index (χ1n) is 6.23. The smallest absolute Gasteiger partial charge is 0.371 e. The van der Waals surface area contributed by atoms with Crippen LogP contribution in [-0.4, -0.2) is 22.5 Å². The van der Waals surface area contributed by atoms with Crippen molar-refractivity contribution in [1.82, 2.24) is 4.90 Å². The summed E-state index contributed by atoms with van der Waals surface area (Å²) in [5.41, 5.74) is 2.37. The maximum absolute atomic E-state index is 10.9.